The second kappa shape index (κ2) is 5.18. The van der Waals surface area contributed by atoms with Gasteiger partial charge in [0, 0.05) is 25.3 Å². The molecule has 0 radical (unpaired) electrons. The van der Waals surface area contributed by atoms with Gasteiger partial charge in [-0.1, -0.05) is 19.9 Å². The maximum absolute atomic E-state index is 4.66. The number of pyridine rings is 1. The van der Waals surface area contributed by atoms with Gasteiger partial charge in [0.1, 0.15) is 0 Å². The van der Waals surface area contributed by atoms with E-state index in [0.29, 0.717) is 12.0 Å². The van der Waals surface area contributed by atoms with Gasteiger partial charge in [0.2, 0.25) is 0 Å². The Morgan fingerprint density at radius 2 is 2.06 bits per heavy atom. The average molecular weight is 232 g/mol. The van der Waals surface area contributed by atoms with Gasteiger partial charge in [0.25, 0.3) is 0 Å². The molecule has 1 aromatic rings. The Morgan fingerprint density at radius 3 is 2.71 bits per heavy atom. The first-order chi connectivity index (χ1) is 8.06. The molecule has 1 aromatic heterocycles. The van der Waals surface area contributed by atoms with E-state index in [1.165, 1.54) is 23.4 Å². The molecule has 0 atom stereocenters. The summed E-state index contributed by atoms with van der Waals surface area (Å²) in [5, 5.41) is 0. The van der Waals surface area contributed by atoms with E-state index in [2.05, 4.69) is 49.8 Å². The summed E-state index contributed by atoms with van der Waals surface area (Å²) in [4.78, 5) is 7.16. The molecule has 0 amide bonds. The first-order valence-corrected chi connectivity index (χ1v) is 6.77. The van der Waals surface area contributed by atoms with Gasteiger partial charge in [-0.05, 0) is 43.7 Å². The zero-order chi connectivity index (χ0) is 12.4. The second-order valence-electron chi connectivity index (χ2n) is 5.86. The minimum Gasteiger partial charge on any atom is -0.295 e. The van der Waals surface area contributed by atoms with Crippen molar-refractivity contribution in [1.82, 2.24) is 9.88 Å². The average Bonchev–Trinajstić information content (AvgIpc) is 2.27. The lowest BCUT2D eigenvalue weighted by Gasteiger charge is -2.31. The Hall–Kier alpha value is -0.890. The monoisotopic (exact) mass is 232 g/mol. The Balaban J connectivity index is 2.14. The van der Waals surface area contributed by atoms with Crippen LogP contribution >= 0.6 is 0 Å². The van der Waals surface area contributed by atoms with Crippen LogP contribution in [0.15, 0.2) is 12.3 Å². The highest BCUT2D eigenvalue weighted by Crippen LogP contribution is 2.20. The van der Waals surface area contributed by atoms with E-state index >= 15 is 0 Å². The van der Waals surface area contributed by atoms with Crippen molar-refractivity contribution in [3.63, 3.8) is 0 Å². The summed E-state index contributed by atoms with van der Waals surface area (Å²) >= 11 is 0. The Kier molecular flexibility index (Phi) is 3.82. The van der Waals surface area contributed by atoms with Crippen LogP contribution in [0.2, 0.25) is 0 Å². The molecule has 0 N–H and O–H groups in total. The summed E-state index contributed by atoms with van der Waals surface area (Å²) in [5.41, 5.74) is 4.16. The molecule has 2 rings (SSSR count). The van der Waals surface area contributed by atoms with Crippen LogP contribution in [0.5, 0.6) is 0 Å². The summed E-state index contributed by atoms with van der Waals surface area (Å²) in [7, 11) is 0. The van der Waals surface area contributed by atoms with Gasteiger partial charge in [0.05, 0.1) is 5.69 Å². The number of fused-ring (bicyclic) bond motifs is 1. The van der Waals surface area contributed by atoms with Gasteiger partial charge < -0.3 is 0 Å². The highest BCUT2D eigenvalue weighted by molar-refractivity contribution is 5.27. The minimum absolute atomic E-state index is 0.625. The number of hydrogen-bond donors (Lipinski definition) is 0. The van der Waals surface area contributed by atoms with Gasteiger partial charge in [-0.2, -0.15) is 0 Å². The zero-order valence-corrected chi connectivity index (χ0v) is 11.5. The molecule has 0 spiro atoms. The van der Waals surface area contributed by atoms with Crippen LogP contribution in [0.25, 0.3) is 0 Å². The SMILES string of the molecule is CC(C)Cc1cnc2c(c1)CCN(C(C)C)C2. The molecule has 2 heterocycles. The van der Waals surface area contributed by atoms with Crippen molar-refractivity contribution in [3.8, 4) is 0 Å². The maximum Gasteiger partial charge on any atom is 0.0576 e. The van der Waals surface area contributed by atoms with E-state index in [-0.39, 0.29) is 0 Å². The van der Waals surface area contributed by atoms with Crippen molar-refractivity contribution in [2.24, 2.45) is 5.92 Å². The van der Waals surface area contributed by atoms with Gasteiger partial charge in [0.15, 0.2) is 0 Å². The third-order valence-electron chi connectivity index (χ3n) is 3.51. The molecule has 94 valence electrons. The van der Waals surface area contributed by atoms with E-state index in [9.17, 15) is 0 Å². The van der Waals surface area contributed by atoms with Crippen LogP contribution in [0, 0.1) is 5.92 Å². The normalized spacial score (nSPS) is 16.6. The van der Waals surface area contributed by atoms with Gasteiger partial charge in [-0.25, -0.2) is 0 Å². The van der Waals surface area contributed by atoms with Crippen LogP contribution in [0.1, 0.15) is 44.5 Å². The molecule has 0 aliphatic carbocycles. The first-order valence-electron chi connectivity index (χ1n) is 6.77. The molecule has 0 saturated carbocycles. The fourth-order valence-electron chi connectivity index (χ4n) is 2.51. The number of nitrogens with zero attached hydrogens (tertiary/aromatic N) is 2. The molecule has 2 nitrogen and oxygen atoms in total. The largest absolute Gasteiger partial charge is 0.295 e. The molecule has 2 heteroatoms. The lowest BCUT2D eigenvalue weighted by molar-refractivity contribution is 0.200. The van der Waals surface area contributed by atoms with Crippen molar-refractivity contribution < 1.29 is 0 Å². The fourth-order valence-corrected chi connectivity index (χ4v) is 2.51. The molecule has 0 fully saturated rings. The summed E-state index contributed by atoms with van der Waals surface area (Å²) in [6.07, 6.45) is 4.38. The van der Waals surface area contributed by atoms with Crippen LogP contribution in [-0.2, 0) is 19.4 Å². The standard InChI is InChI=1S/C15H24N2/c1-11(2)7-13-8-14-5-6-17(12(3)4)10-15(14)16-9-13/h8-9,11-12H,5-7,10H2,1-4H3. The van der Waals surface area contributed by atoms with E-state index in [1.807, 2.05) is 0 Å². The van der Waals surface area contributed by atoms with E-state index < -0.39 is 0 Å². The molecule has 0 aromatic carbocycles. The molecule has 0 unspecified atom stereocenters. The molecule has 0 bridgehead atoms. The van der Waals surface area contributed by atoms with E-state index in [0.717, 1.165) is 19.4 Å². The zero-order valence-electron chi connectivity index (χ0n) is 11.5. The lowest BCUT2D eigenvalue weighted by Crippen LogP contribution is -2.36. The van der Waals surface area contributed by atoms with Crippen molar-refractivity contribution in [2.75, 3.05) is 6.54 Å². The topological polar surface area (TPSA) is 16.1 Å². The third kappa shape index (κ3) is 3.06. The van der Waals surface area contributed by atoms with Crippen molar-refractivity contribution in [1.29, 1.82) is 0 Å². The van der Waals surface area contributed by atoms with Crippen molar-refractivity contribution in [2.45, 2.75) is 53.1 Å². The molecular formula is C15H24N2. The Labute approximate surface area is 105 Å². The smallest absolute Gasteiger partial charge is 0.0576 e. The molecular weight excluding hydrogens is 208 g/mol. The predicted molar refractivity (Wildman–Crippen MR) is 72.0 cm³/mol. The van der Waals surface area contributed by atoms with Gasteiger partial charge >= 0.3 is 0 Å². The molecule has 17 heavy (non-hydrogen) atoms. The van der Waals surface area contributed by atoms with Crippen LogP contribution in [-0.4, -0.2) is 22.5 Å². The highest BCUT2D eigenvalue weighted by atomic mass is 15.2. The number of aromatic nitrogens is 1. The first kappa shape index (κ1) is 12.6. The van der Waals surface area contributed by atoms with E-state index in [4.69, 9.17) is 0 Å². The highest BCUT2D eigenvalue weighted by Gasteiger charge is 2.19. The number of hydrogen-bond acceptors (Lipinski definition) is 2. The van der Waals surface area contributed by atoms with Crippen LogP contribution < -0.4 is 0 Å². The summed E-state index contributed by atoms with van der Waals surface area (Å²) < 4.78 is 0. The number of rotatable bonds is 3. The molecule has 1 aliphatic rings. The Morgan fingerprint density at radius 1 is 1.29 bits per heavy atom. The summed E-state index contributed by atoms with van der Waals surface area (Å²) in [6, 6.07) is 3.00. The molecule has 1 aliphatic heterocycles. The van der Waals surface area contributed by atoms with Crippen molar-refractivity contribution >= 4 is 0 Å². The maximum atomic E-state index is 4.66. The predicted octanol–water partition coefficient (Wildman–Crippen LogP) is 3.05. The molecule has 0 saturated heterocycles. The fraction of sp³-hybridized carbons (Fsp3) is 0.667. The van der Waals surface area contributed by atoms with Crippen LogP contribution in [0.3, 0.4) is 0 Å². The van der Waals surface area contributed by atoms with Crippen molar-refractivity contribution in [3.05, 3.63) is 29.1 Å². The summed E-state index contributed by atoms with van der Waals surface area (Å²) in [5.74, 6) is 0.714. The minimum atomic E-state index is 0.625. The Bertz CT molecular complexity index is 383. The van der Waals surface area contributed by atoms with Crippen LogP contribution in [0.4, 0.5) is 0 Å². The van der Waals surface area contributed by atoms with Gasteiger partial charge in [-0.3, -0.25) is 9.88 Å². The second-order valence-corrected chi connectivity index (χ2v) is 5.86. The summed E-state index contributed by atoms with van der Waals surface area (Å²) in [6.45, 7) is 11.3. The third-order valence-corrected chi connectivity index (χ3v) is 3.51. The van der Waals surface area contributed by atoms with Gasteiger partial charge in [-0.15, -0.1) is 0 Å². The van der Waals surface area contributed by atoms with E-state index in [1.54, 1.807) is 0 Å². The lowest BCUT2D eigenvalue weighted by atomic mass is 9.98. The quantitative estimate of drug-likeness (QED) is 0.796.